The number of aromatic nitrogens is 3. The third kappa shape index (κ3) is 7.68. The summed E-state index contributed by atoms with van der Waals surface area (Å²) in [5.41, 5.74) is 2.18. The highest BCUT2D eigenvalue weighted by atomic mass is 32.2. The quantitative estimate of drug-likeness (QED) is 0.475. The number of H-pyrrole nitrogens is 1. The van der Waals surface area contributed by atoms with E-state index >= 15 is 0 Å². The van der Waals surface area contributed by atoms with Crippen LogP contribution in [0.15, 0.2) is 39.8 Å². The maximum atomic E-state index is 11.7. The summed E-state index contributed by atoms with van der Waals surface area (Å²) >= 11 is 3.18. The topological polar surface area (TPSA) is 113 Å². The summed E-state index contributed by atoms with van der Waals surface area (Å²) in [7, 11) is 0. The maximum absolute atomic E-state index is 11.7. The van der Waals surface area contributed by atoms with Gasteiger partial charge in [-0.25, -0.2) is 4.98 Å². The average Bonchev–Trinajstić information content (AvgIpc) is 3.09. The van der Waals surface area contributed by atoms with Gasteiger partial charge in [-0.1, -0.05) is 13.8 Å². The van der Waals surface area contributed by atoms with E-state index in [2.05, 4.69) is 25.8 Å². The smallest absolute Gasteiger partial charge is 0.301 e. The normalized spacial score (nSPS) is 12.9. The minimum absolute atomic E-state index is 0.0164. The van der Waals surface area contributed by atoms with Crippen LogP contribution in [0.4, 0.5) is 11.8 Å². The van der Waals surface area contributed by atoms with Crippen LogP contribution in [0.5, 0.6) is 0 Å². The number of rotatable bonds is 8. The molecule has 1 saturated carbocycles. The van der Waals surface area contributed by atoms with E-state index in [0.29, 0.717) is 29.2 Å². The van der Waals surface area contributed by atoms with E-state index in [0.717, 1.165) is 11.3 Å². The second-order valence-electron chi connectivity index (χ2n) is 7.08. The van der Waals surface area contributed by atoms with Crippen LogP contribution >= 0.6 is 23.1 Å². The first-order valence-electron chi connectivity index (χ1n) is 9.66. The SMILES string of the molecule is CC(C)SCC(=O)Nc1ncco1.O=C(Cc1ccsc1)Nc1cc(C2CC2)[nH]n1. The number of nitrogens with zero attached hydrogens (tertiary/aromatic N) is 2. The van der Waals surface area contributed by atoms with Gasteiger partial charge in [0.15, 0.2) is 5.82 Å². The lowest BCUT2D eigenvalue weighted by Crippen LogP contribution is -2.15. The first kappa shape index (κ1) is 22.1. The Morgan fingerprint density at radius 1 is 1.33 bits per heavy atom. The van der Waals surface area contributed by atoms with Crippen molar-refractivity contribution >= 4 is 46.7 Å². The van der Waals surface area contributed by atoms with Crippen molar-refractivity contribution < 1.29 is 14.0 Å². The summed E-state index contributed by atoms with van der Waals surface area (Å²) in [4.78, 5) is 26.7. The summed E-state index contributed by atoms with van der Waals surface area (Å²) in [5, 5.41) is 16.8. The molecular weight excluding hydrogens is 422 g/mol. The van der Waals surface area contributed by atoms with Crippen molar-refractivity contribution in [3.8, 4) is 0 Å². The number of hydrogen-bond acceptors (Lipinski definition) is 7. The van der Waals surface area contributed by atoms with Crippen LogP contribution in [0.3, 0.4) is 0 Å². The molecule has 1 aliphatic rings. The van der Waals surface area contributed by atoms with Crippen molar-refractivity contribution in [3.63, 3.8) is 0 Å². The van der Waals surface area contributed by atoms with Crippen LogP contribution in [0, 0.1) is 0 Å². The van der Waals surface area contributed by atoms with Crippen molar-refractivity contribution in [1.29, 1.82) is 0 Å². The van der Waals surface area contributed by atoms with E-state index in [-0.39, 0.29) is 17.8 Å². The lowest BCUT2D eigenvalue weighted by Gasteiger charge is -2.03. The molecule has 0 saturated heterocycles. The van der Waals surface area contributed by atoms with Gasteiger partial charge in [-0.15, -0.1) is 11.8 Å². The zero-order chi connectivity index (χ0) is 21.3. The summed E-state index contributed by atoms with van der Waals surface area (Å²) in [6.45, 7) is 4.09. The fourth-order valence-corrected chi connectivity index (χ4v) is 3.68. The minimum atomic E-state index is -0.0823. The molecule has 3 aromatic heterocycles. The van der Waals surface area contributed by atoms with E-state index in [1.165, 1.54) is 25.3 Å². The maximum Gasteiger partial charge on any atom is 0.301 e. The van der Waals surface area contributed by atoms with Gasteiger partial charge >= 0.3 is 6.01 Å². The van der Waals surface area contributed by atoms with Gasteiger partial charge in [0.25, 0.3) is 0 Å². The molecule has 10 heteroatoms. The standard InChI is InChI=1S/C12H13N3OS.C8H12N2O2S/c16-12(5-8-3-4-17-7-8)13-11-6-10(14-15-11)9-1-2-9;1-6(2)13-5-7(11)10-8-9-3-4-12-8/h3-4,6-7,9H,1-2,5H2,(H2,13,14,15,16);3-4,6H,5H2,1-2H3,(H,9,10,11). The molecule has 1 aliphatic carbocycles. The highest BCUT2D eigenvalue weighted by Crippen LogP contribution is 2.39. The molecule has 0 unspecified atom stereocenters. The molecule has 3 heterocycles. The molecule has 8 nitrogen and oxygen atoms in total. The number of carbonyl (C=O) groups is 2. The van der Waals surface area contributed by atoms with Crippen molar-refractivity contribution in [2.75, 3.05) is 16.4 Å². The lowest BCUT2D eigenvalue weighted by molar-refractivity contribution is -0.116. The van der Waals surface area contributed by atoms with Gasteiger partial charge in [0.2, 0.25) is 11.8 Å². The Morgan fingerprint density at radius 3 is 2.80 bits per heavy atom. The van der Waals surface area contributed by atoms with Crippen LogP contribution in [0.2, 0.25) is 0 Å². The van der Waals surface area contributed by atoms with Gasteiger partial charge in [0, 0.05) is 17.7 Å². The van der Waals surface area contributed by atoms with Gasteiger partial charge in [-0.3, -0.25) is 20.0 Å². The van der Waals surface area contributed by atoms with Crippen LogP contribution in [0.1, 0.15) is 43.9 Å². The van der Waals surface area contributed by atoms with Crippen LogP contribution in [0.25, 0.3) is 0 Å². The molecule has 0 atom stereocenters. The van der Waals surface area contributed by atoms with Gasteiger partial charge in [-0.2, -0.15) is 16.4 Å². The Kier molecular flexibility index (Phi) is 8.09. The zero-order valence-corrected chi connectivity index (χ0v) is 18.5. The molecule has 2 amide bonds. The number of hydrogen-bond donors (Lipinski definition) is 3. The summed E-state index contributed by atoms with van der Waals surface area (Å²) in [5.74, 6) is 1.59. The highest BCUT2D eigenvalue weighted by molar-refractivity contribution is 8.00. The third-order valence-electron chi connectivity index (χ3n) is 4.05. The predicted octanol–water partition coefficient (Wildman–Crippen LogP) is 4.28. The Labute approximate surface area is 183 Å². The molecule has 0 bridgehead atoms. The van der Waals surface area contributed by atoms with E-state index in [4.69, 9.17) is 4.42 Å². The number of carbonyl (C=O) groups excluding carboxylic acids is 2. The molecule has 0 aromatic carbocycles. The lowest BCUT2D eigenvalue weighted by atomic mass is 10.2. The second kappa shape index (κ2) is 11.0. The molecule has 3 aromatic rings. The van der Waals surface area contributed by atoms with Crippen molar-refractivity contribution in [3.05, 3.63) is 46.6 Å². The van der Waals surface area contributed by atoms with Gasteiger partial charge in [0.05, 0.1) is 18.4 Å². The molecule has 0 radical (unpaired) electrons. The number of oxazole rings is 1. The predicted molar refractivity (Wildman–Crippen MR) is 120 cm³/mol. The molecule has 30 heavy (non-hydrogen) atoms. The van der Waals surface area contributed by atoms with Crippen molar-refractivity contribution in [2.45, 2.75) is 44.3 Å². The molecule has 0 spiro atoms. The second-order valence-corrected chi connectivity index (χ2v) is 9.43. The van der Waals surface area contributed by atoms with E-state index < -0.39 is 0 Å². The Hall–Kier alpha value is -2.59. The molecule has 0 aliphatic heterocycles. The van der Waals surface area contributed by atoms with Gasteiger partial charge in [0.1, 0.15) is 6.26 Å². The molecule has 4 rings (SSSR count). The number of thiophene rings is 1. The van der Waals surface area contributed by atoms with Crippen molar-refractivity contribution in [1.82, 2.24) is 15.2 Å². The average molecular weight is 448 g/mol. The first-order valence-corrected chi connectivity index (χ1v) is 11.7. The zero-order valence-electron chi connectivity index (χ0n) is 16.9. The fraction of sp³-hybridized carbons (Fsp3) is 0.400. The van der Waals surface area contributed by atoms with Crippen molar-refractivity contribution in [2.24, 2.45) is 0 Å². The Bertz CT molecular complexity index is 918. The van der Waals surface area contributed by atoms with E-state index in [1.54, 1.807) is 23.1 Å². The minimum Gasteiger partial charge on any atom is -0.432 e. The molecule has 160 valence electrons. The summed E-state index contributed by atoms with van der Waals surface area (Å²) in [6, 6.07) is 4.16. The van der Waals surface area contributed by atoms with E-state index in [1.807, 2.05) is 36.7 Å². The van der Waals surface area contributed by atoms with Crippen LogP contribution < -0.4 is 10.6 Å². The summed E-state index contributed by atoms with van der Waals surface area (Å²) < 4.78 is 4.86. The number of aromatic amines is 1. The monoisotopic (exact) mass is 447 g/mol. The number of thioether (sulfide) groups is 1. The fourth-order valence-electron chi connectivity index (χ4n) is 2.45. The van der Waals surface area contributed by atoms with Crippen LogP contribution in [-0.2, 0) is 16.0 Å². The number of anilines is 2. The Morgan fingerprint density at radius 2 is 2.17 bits per heavy atom. The third-order valence-corrected chi connectivity index (χ3v) is 5.88. The highest BCUT2D eigenvalue weighted by Gasteiger charge is 2.25. The molecule has 3 N–H and O–H groups in total. The van der Waals surface area contributed by atoms with Gasteiger partial charge < -0.3 is 9.73 Å². The Balaban J connectivity index is 0.000000178. The first-order chi connectivity index (χ1) is 14.5. The number of amides is 2. The van der Waals surface area contributed by atoms with Crippen LogP contribution in [-0.4, -0.2) is 38.0 Å². The van der Waals surface area contributed by atoms with Gasteiger partial charge in [-0.05, 0) is 40.5 Å². The number of nitrogens with one attached hydrogen (secondary N) is 3. The van der Waals surface area contributed by atoms with E-state index in [9.17, 15) is 9.59 Å². The molecular formula is C20H25N5O3S2. The largest absolute Gasteiger partial charge is 0.432 e. The summed E-state index contributed by atoms with van der Waals surface area (Å²) in [6.07, 6.45) is 5.78. The molecule has 1 fully saturated rings.